The Morgan fingerprint density at radius 3 is 2.61 bits per heavy atom. The number of amides is 2. The van der Waals surface area contributed by atoms with Crippen LogP contribution in [0.4, 0.5) is 0 Å². The average Bonchev–Trinajstić information content (AvgIpc) is 3.73. The smallest absolute Gasteiger partial charge is 0.249 e. The highest BCUT2D eigenvalue weighted by atomic mass is 16.7. The molecule has 2 aromatic carbocycles. The Balaban J connectivity index is 1.37. The van der Waals surface area contributed by atoms with E-state index >= 15 is 0 Å². The molecule has 12 nitrogen and oxygen atoms in total. The number of rotatable bonds is 12. The lowest BCUT2D eigenvalue weighted by atomic mass is 9.75. The lowest BCUT2D eigenvalue weighted by molar-refractivity contribution is -0.148. The first-order chi connectivity index (χ1) is 23.6. The van der Waals surface area contributed by atoms with Crippen molar-refractivity contribution in [2.24, 2.45) is 17.8 Å². The molecule has 266 valence electrons. The zero-order valence-electron chi connectivity index (χ0n) is 28.6. The lowest BCUT2D eigenvalue weighted by Crippen LogP contribution is -2.56. The predicted octanol–water partition coefficient (Wildman–Crippen LogP) is 3.05. The van der Waals surface area contributed by atoms with Gasteiger partial charge in [-0.15, -0.1) is 0 Å². The number of fused-ring (bicyclic) bond motifs is 4. The van der Waals surface area contributed by atoms with Crippen molar-refractivity contribution in [3.05, 3.63) is 58.7 Å². The van der Waals surface area contributed by atoms with E-state index in [9.17, 15) is 24.9 Å². The summed E-state index contributed by atoms with van der Waals surface area (Å²) in [4.78, 5) is 29.6. The Bertz CT molecular complexity index is 1560. The maximum Gasteiger partial charge on any atom is 0.249 e. The summed E-state index contributed by atoms with van der Waals surface area (Å²) in [7, 11) is 1.48. The van der Waals surface area contributed by atoms with Crippen LogP contribution in [0.1, 0.15) is 62.6 Å². The summed E-state index contributed by atoms with van der Waals surface area (Å²) in [5.41, 5.74) is 2.15. The zero-order valence-corrected chi connectivity index (χ0v) is 28.6. The third-order valence-corrected chi connectivity index (χ3v) is 10.3. The van der Waals surface area contributed by atoms with Gasteiger partial charge >= 0.3 is 0 Å². The van der Waals surface area contributed by atoms with Crippen LogP contribution in [0.2, 0.25) is 0 Å². The predicted molar refractivity (Wildman–Crippen MR) is 178 cm³/mol. The van der Waals surface area contributed by atoms with Crippen molar-refractivity contribution in [3.63, 3.8) is 0 Å². The van der Waals surface area contributed by atoms with Crippen LogP contribution in [0, 0.1) is 17.8 Å². The van der Waals surface area contributed by atoms with Crippen molar-refractivity contribution in [3.8, 4) is 23.0 Å². The molecule has 7 atom stereocenters. The topological polar surface area (TPSA) is 156 Å². The second kappa shape index (κ2) is 15.0. The van der Waals surface area contributed by atoms with Crippen LogP contribution < -0.4 is 24.3 Å². The molecule has 0 saturated heterocycles. The highest BCUT2D eigenvalue weighted by Gasteiger charge is 2.51. The fourth-order valence-electron chi connectivity index (χ4n) is 7.78. The van der Waals surface area contributed by atoms with Gasteiger partial charge in [-0.3, -0.25) is 9.59 Å². The molecule has 0 aromatic heterocycles. The van der Waals surface area contributed by atoms with Gasteiger partial charge in [-0.2, -0.15) is 0 Å². The van der Waals surface area contributed by atoms with Gasteiger partial charge in [-0.25, -0.2) is 0 Å². The second-order valence-corrected chi connectivity index (χ2v) is 13.9. The molecular formula is C37H48N2O10. The van der Waals surface area contributed by atoms with Gasteiger partial charge in [0, 0.05) is 24.2 Å². The van der Waals surface area contributed by atoms with Gasteiger partial charge in [-0.1, -0.05) is 33.3 Å². The first-order valence-corrected chi connectivity index (χ1v) is 17.2. The summed E-state index contributed by atoms with van der Waals surface area (Å²) in [6.07, 6.45) is 2.37. The summed E-state index contributed by atoms with van der Waals surface area (Å²) in [5.74, 6) is 1.57. The van der Waals surface area contributed by atoms with Gasteiger partial charge in [0.2, 0.25) is 18.6 Å². The zero-order chi connectivity index (χ0) is 34.8. The van der Waals surface area contributed by atoms with Gasteiger partial charge in [0.1, 0.15) is 18.8 Å². The highest BCUT2D eigenvalue weighted by Crippen LogP contribution is 2.51. The number of ether oxygens (including phenoxy) is 5. The molecule has 2 heterocycles. The molecule has 2 aliphatic carbocycles. The number of methoxy groups -OCH3 is 1. The summed E-state index contributed by atoms with van der Waals surface area (Å²) >= 11 is 0. The van der Waals surface area contributed by atoms with Crippen molar-refractivity contribution in [2.45, 2.75) is 83.5 Å². The van der Waals surface area contributed by atoms with E-state index in [4.69, 9.17) is 23.7 Å². The molecule has 49 heavy (non-hydrogen) atoms. The lowest BCUT2D eigenvalue weighted by Gasteiger charge is -2.41. The minimum atomic E-state index is -1.26. The van der Waals surface area contributed by atoms with Gasteiger partial charge in [-0.05, 0) is 72.1 Å². The Hall–Kier alpha value is -3.84. The Kier molecular flexibility index (Phi) is 10.7. The molecule has 4 N–H and O–H groups in total. The number of aliphatic hydroxyl groups excluding tert-OH is 3. The number of benzene rings is 2. The van der Waals surface area contributed by atoms with Gasteiger partial charge < -0.3 is 49.2 Å². The summed E-state index contributed by atoms with van der Waals surface area (Å²) in [6, 6.07) is 7.83. The first-order valence-electron chi connectivity index (χ1n) is 17.2. The first kappa shape index (κ1) is 35.0. The van der Waals surface area contributed by atoms with Gasteiger partial charge in [0.05, 0.1) is 38.4 Å². The molecule has 2 aliphatic heterocycles. The minimum absolute atomic E-state index is 0.0129. The molecule has 0 spiro atoms. The monoisotopic (exact) mass is 680 g/mol. The molecule has 1 fully saturated rings. The molecular weight excluding hydrogens is 632 g/mol. The largest absolute Gasteiger partial charge is 0.493 e. The van der Waals surface area contributed by atoms with Crippen LogP contribution in [0.5, 0.6) is 23.0 Å². The molecule has 0 radical (unpaired) electrons. The highest BCUT2D eigenvalue weighted by molar-refractivity contribution is 5.96. The molecule has 1 saturated carbocycles. The Morgan fingerprint density at radius 2 is 1.88 bits per heavy atom. The van der Waals surface area contributed by atoms with E-state index in [1.807, 2.05) is 6.07 Å². The van der Waals surface area contributed by atoms with E-state index in [0.29, 0.717) is 51.9 Å². The van der Waals surface area contributed by atoms with Gasteiger partial charge in [0.25, 0.3) is 0 Å². The number of hydrogen-bond acceptors (Lipinski definition) is 10. The van der Waals surface area contributed by atoms with Crippen molar-refractivity contribution < 1.29 is 48.6 Å². The maximum atomic E-state index is 14.4. The molecule has 2 aromatic rings. The minimum Gasteiger partial charge on any atom is -0.493 e. The Morgan fingerprint density at radius 1 is 1.08 bits per heavy atom. The molecule has 2 amide bonds. The van der Waals surface area contributed by atoms with Crippen molar-refractivity contribution in [2.75, 3.05) is 33.7 Å². The van der Waals surface area contributed by atoms with E-state index in [1.165, 1.54) is 12.0 Å². The van der Waals surface area contributed by atoms with E-state index in [2.05, 4.69) is 26.1 Å². The molecule has 4 aliphatic rings. The molecule has 7 unspecified atom stereocenters. The van der Waals surface area contributed by atoms with E-state index in [1.54, 1.807) is 30.3 Å². The molecule has 6 rings (SSSR count). The number of carbonyl (C=O) groups excluding carboxylic acids is 2. The second-order valence-electron chi connectivity index (χ2n) is 13.9. The number of carbonyl (C=O) groups is 2. The molecule has 0 bridgehead atoms. The molecule has 12 heteroatoms. The summed E-state index contributed by atoms with van der Waals surface area (Å²) in [6.45, 7) is 6.05. The maximum absolute atomic E-state index is 14.4. The third kappa shape index (κ3) is 7.10. The standard InChI is InChI=1S/C37H48N2O10/c1-20(2)24-7-5-21(3)11-29(24)46-18-32(42)39(16-22-6-8-28-30(13-22)48-19-47-28)27-15-26(37(44)38-9-10-40)33-25-12-23(17-41)14-31(45-4)35(25)49-36(33)34(27)43/h6,8,12-15,20-21,24,27,29,33-34,36,40-41,43H,5,7,9-11,16-19H2,1-4H3,(H,38,44). The summed E-state index contributed by atoms with van der Waals surface area (Å²) in [5, 5.41) is 34.3. The van der Waals surface area contributed by atoms with Crippen LogP contribution >= 0.6 is 0 Å². The van der Waals surface area contributed by atoms with Crippen LogP contribution in [-0.4, -0.2) is 90.0 Å². The van der Waals surface area contributed by atoms with E-state index < -0.39 is 30.1 Å². The number of nitrogens with zero attached hydrogens (tertiary/aromatic N) is 1. The van der Waals surface area contributed by atoms with Crippen LogP contribution in [0.25, 0.3) is 0 Å². The van der Waals surface area contributed by atoms with Crippen molar-refractivity contribution in [1.82, 2.24) is 10.2 Å². The number of aliphatic hydroxyl groups is 3. The van der Waals surface area contributed by atoms with E-state index in [0.717, 1.165) is 24.8 Å². The van der Waals surface area contributed by atoms with E-state index in [-0.39, 0.29) is 57.3 Å². The van der Waals surface area contributed by atoms with Crippen molar-refractivity contribution in [1.29, 1.82) is 0 Å². The van der Waals surface area contributed by atoms with Gasteiger partial charge in [0.15, 0.2) is 23.0 Å². The number of hydrogen-bond donors (Lipinski definition) is 4. The fraction of sp³-hybridized carbons (Fsp3) is 0.568. The van der Waals surface area contributed by atoms with Crippen LogP contribution in [0.3, 0.4) is 0 Å². The number of nitrogens with one attached hydrogen (secondary N) is 1. The normalized spacial score (nSPS) is 26.8. The average molecular weight is 681 g/mol. The fourth-order valence-corrected chi connectivity index (χ4v) is 7.78. The summed E-state index contributed by atoms with van der Waals surface area (Å²) < 4.78 is 29.5. The SMILES string of the molecule is COc1cc(CO)cc2c1OC1C2C(C(=O)NCCO)=CC(N(Cc2ccc3c(c2)OCO3)C(=O)COC2CC(C)CCC2C(C)C)C1O. The Labute approximate surface area is 286 Å². The third-order valence-electron chi connectivity index (χ3n) is 10.3. The quantitative estimate of drug-likeness (QED) is 0.263. The van der Waals surface area contributed by atoms with Crippen molar-refractivity contribution >= 4 is 11.8 Å². The van der Waals surface area contributed by atoms with Crippen LogP contribution in [0.15, 0.2) is 42.0 Å². The van der Waals surface area contributed by atoms with Crippen LogP contribution in [-0.2, 0) is 27.5 Å².